The summed E-state index contributed by atoms with van der Waals surface area (Å²) in [4.78, 5) is 16.9. The summed E-state index contributed by atoms with van der Waals surface area (Å²) in [6.07, 6.45) is 1.66. The lowest BCUT2D eigenvalue weighted by atomic mass is 10.2. The van der Waals surface area contributed by atoms with Gasteiger partial charge in [0.25, 0.3) is 5.91 Å². The number of rotatable bonds is 2. The van der Waals surface area contributed by atoms with Gasteiger partial charge in [-0.3, -0.25) is 4.79 Å². The van der Waals surface area contributed by atoms with E-state index in [0.717, 1.165) is 9.26 Å². The highest BCUT2D eigenvalue weighted by Crippen LogP contribution is 2.30. The molecule has 0 bridgehead atoms. The molecule has 110 valence electrons. The maximum atomic E-state index is 12.0. The molecule has 4 nitrogen and oxygen atoms in total. The molecule has 2 aromatic rings. The van der Waals surface area contributed by atoms with Crippen molar-refractivity contribution in [3.05, 3.63) is 62.6 Å². The molecule has 1 saturated heterocycles. The normalized spacial score (nSPS) is 18.0. The van der Waals surface area contributed by atoms with E-state index in [1.807, 2.05) is 30.3 Å². The van der Waals surface area contributed by atoms with E-state index in [1.165, 1.54) is 11.8 Å². The Bertz CT molecular complexity index is 785. The zero-order valence-corrected chi connectivity index (χ0v) is 14.3. The van der Waals surface area contributed by atoms with Crippen molar-refractivity contribution in [2.75, 3.05) is 0 Å². The minimum atomic E-state index is -0.211. The van der Waals surface area contributed by atoms with Crippen LogP contribution in [-0.4, -0.2) is 16.2 Å². The molecule has 2 N–H and O–H groups in total. The molecule has 0 saturated carbocycles. The van der Waals surface area contributed by atoms with E-state index >= 15 is 0 Å². The summed E-state index contributed by atoms with van der Waals surface area (Å²) in [6, 6.07) is 14.6. The number of carbonyl (C=O) groups is 1. The molecule has 22 heavy (non-hydrogen) atoms. The Balaban J connectivity index is 1.84. The number of benzene rings is 2. The van der Waals surface area contributed by atoms with Gasteiger partial charge in [0.15, 0.2) is 5.17 Å². The van der Waals surface area contributed by atoms with Gasteiger partial charge in [-0.2, -0.15) is 0 Å². The molecule has 0 aromatic heterocycles. The van der Waals surface area contributed by atoms with Crippen LogP contribution in [0.15, 0.2) is 58.4 Å². The monoisotopic (exact) mass is 422 g/mol. The maximum Gasteiger partial charge on any atom is 0.264 e. The number of nitrogens with one attached hydrogen (secondary N) is 1. The van der Waals surface area contributed by atoms with E-state index < -0.39 is 0 Å². The van der Waals surface area contributed by atoms with Gasteiger partial charge >= 0.3 is 0 Å². The third-order valence-corrected chi connectivity index (χ3v) is 4.56. The Morgan fingerprint density at radius 1 is 1.14 bits per heavy atom. The molecular formula is C16H11IN2O2S. The minimum Gasteiger partial charge on any atom is -0.507 e. The number of aliphatic imine (C=N–C) groups is 1. The Kier molecular flexibility index (Phi) is 4.49. The van der Waals surface area contributed by atoms with Gasteiger partial charge in [0.2, 0.25) is 0 Å². The van der Waals surface area contributed by atoms with Crippen molar-refractivity contribution in [2.24, 2.45) is 4.99 Å². The molecule has 0 unspecified atom stereocenters. The second kappa shape index (κ2) is 6.53. The number of amides is 1. The third kappa shape index (κ3) is 3.50. The van der Waals surface area contributed by atoms with E-state index in [2.05, 4.69) is 32.9 Å². The van der Waals surface area contributed by atoms with Crippen LogP contribution >= 0.6 is 34.4 Å². The fourth-order valence-corrected chi connectivity index (χ4v) is 3.06. The second-order valence-corrected chi connectivity index (χ2v) is 6.79. The fourth-order valence-electron chi connectivity index (χ4n) is 1.86. The SMILES string of the molecule is O=C1NC(=Nc2ccc(I)cc2)S/C1=C/c1ccccc1O. The maximum absolute atomic E-state index is 12.0. The minimum absolute atomic E-state index is 0.145. The number of hydrogen-bond donors (Lipinski definition) is 2. The van der Waals surface area contributed by atoms with Gasteiger partial charge in [-0.15, -0.1) is 0 Å². The molecule has 1 aliphatic heterocycles. The number of aromatic hydroxyl groups is 1. The average Bonchev–Trinajstić information content (AvgIpc) is 2.84. The highest BCUT2D eigenvalue weighted by Gasteiger charge is 2.24. The topological polar surface area (TPSA) is 61.7 Å². The number of halogens is 1. The summed E-state index contributed by atoms with van der Waals surface area (Å²) >= 11 is 3.49. The number of phenols is 1. The number of nitrogens with zero attached hydrogens (tertiary/aromatic N) is 1. The highest BCUT2D eigenvalue weighted by atomic mass is 127. The summed E-state index contributed by atoms with van der Waals surface area (Å²) < 4.78 is 1.13. The number of phenolic OH excluding ortho intramolecular Hbond substituents is 1. The molecule has 2 aromatic carbocycles. The number of thioether (sulfide) groups is 1. The van der Waals surface area contributed by atoms with Gasteiger partial charge in [-0.25, -0.2) is 4.99 Å². The predicted molar refractivity (Wildman–Crippen MR) is 98.1 cm³/mol. The molecule has 0 spiro atoms. The third-order valence-electron chi connectivity index (χ3n) is 2.93. The standard InChI is InChI=1S/C16H11IN2O2S/c17-11-5-7-12(8-6-11)18-16-19-15(21)14(22-16)9-10-3-1-2-4-13(10)20/h1-9,20H,(H,18,19,21)/b14-9+. The molecule has 3 rings (SSSR count). The molecule has 6 heteroatoms. The van der Waals surface area contributed by atoms with Crippen LogP contribution in [0, 0.1) is 3.57 Å². The molecule has 1 aliphatic rings. The van der Waals surface area contributed by atoms with Gasteiger partial charge in [0, 0.05) is 9.13 Å². The van der Waals surface area contributed by atoms with Crippen LogP contribution in [0.1, 0.15) is 5.56 Å². The van der Waals surface area contributed by atoms with E-state index in [1.54, 1.807) is 24.3 Å². The Morgan fingerprint density at radius 2 is 1.86 bits per heavy atom. The molecule has 1 heterocycles. The smallest absolute Gasteiger partial charge is 0.264 e. The van der Waals surface area contributed by atoms with Crippen molar-refractivity contribution in [3.63, 3.8) is 0 Å². The van der Waals surface area contributed by atoms with Crippen LogP contribution < -0.4 is 5.32 Å². The molecule has 0 aliphatic carbocycles. The zero-order valence-electron chi connectivity index (χ0n) is 11.3. The largest absolute Gasteiger partial charge is 0.507 e. The number of hydrogen-bond acceptors (Lipinski definition) is 4. The van der Waals surface area contributed by atoms with Crippen molar-refractivity contribution in [2.45, 2.75) is 0 Å². The molecule has 1 amide bonds. The quantitative estimate of drug-likeness (QED) is 0.571. The van der Waals surface area contributed by atoms with Crippen molar-refractivity contribution < 1.29 is 9.90 Å². The summed E-state index contributed by atoms with van der Waals surface area (Å²) in [7, 11) is 0. The highest BCUT2D eigenvalue weighted by molar-refractivity contribution is 14.1. The van der Waals surface area contributed by atoms with Crippen molar-refractivity contribution >= 4 is 57.2 Å². The molecular weight excluding hydrogens is 411 g/mol. The van der Waals surface area contributed by atoms with Crippen LogP contribution in [0.5, 0.6) is 5.75 Å². The van der Waals surface area contributed by atoms with Crippen LogP contribution in [0.2, 0.25) is 0 Å². The molecule has 1 fully saturated rings. The Morgan fingerprint density at radius 3 is 2.59 bits per heavy atom. The lowest BCUT2D eigenvalue weighted by Crippen LogP contribution is -2.19. The van der Waals surface area contributed by atoms with Crippen molar-refractivity contribution in [1.82, 2.24) is 5.32 Å². The lowest BCUT2D eigenvalue weighted by Gasteiger charge is -1.98. The first-order valence-electron chi connectivity index (χ1n) is 6.45. The van der Waals surface area contributed by atoms with Crippen LogP contribution in [0.25, 0.3) is 6.08 Å². The average molecular weight is 422 g/mol. The van der Waals surface area contributed by atoms with Gasteiger partial charge in [0.05, 0.1) is 10.6 Å². The first-order chi connectivity index (χ1) is 10.6. The van der Waals surface area contributed by atoms with Crippen LogP contribution in [0.3, 0.4) is 0 Å². The van der Waals surface area contributed by atoms with Crippen LogP contribution in [0.4, 0.5) is 5.69 Å². The summed E-state index contributed by atoms with van der Waals surface area (Å²) in [5.41, 5.74) is 1.39. The summed E-state index contributed by atoms with van der Waals surface area (Å²) in [5.74, 6) is -0.0658. The zero-order chi connectivity index (χ0) is 15.5. The summed E-state index contributed by atoms with van der Waals surface area (Å²) in [6.45, 7) is 0. The van der Waals surface area contributed by atoms with Gasteiger partial charge in [-0.05, 0) is 70.8 Å². The number of amidine groups is 1. The predicted octanol–water partition coefficient (Wildman–Crippen LogP) is 3.89. The molecule has 0 radical (unpaired) electrons. The fraction of sp³-hybridized carbons (Fsp3) is 0. The van der Waals surface area contributed by atoms with Gasteiger partial charge in [0.1, 0.15) is 5.75 Å². The van der Waals surface area contributed by atoms with Crippen LogP contribution in [-0.2, 0) is 4.79 Å². The van der Waals surface area contributed by atoms with Gasteiger partial charge < -0.3 is 10.4 Å². The lowest BCUT2D eigenvalue weighted by molar-refractivity contribution is -0.115. The summed E-state index contributed by atoms with van der Waals surface area (Å²) in [5, 5.41) is 13.0. The number of carbonyl (C=O) groups excluding carboxylic acids is 1. The Hall–Kier alpha value is -1.80. The van der Waals surface area contributed by atoms with E-state index in [9.17, 15) is 9.90 Å². The van der Waals surface area contributed by atoms with Crippen molar-refractivity contribution in [1.29, 1.82) is 0 Å². The van der Waals surface area contributed by atoms with Crippen molar-refractivity contribution in [3.8, 4) is 5.75 Å². The van der Waals surface area contributed by atoms with E-state index in [-0.39, 0.29) is 11.7 Å². The molecule has 0 atom stereocenters. The first-order valence-corrected chi connectivity index (χ1v) is 8.34. The Labute approximate surface area is 145 Å². The van der Waals surface area contributed by atoms with E-state index in [0.29, 0.717) is 15.6 Å². The number of para-hydroxylation sites is 1. The van der Waals surface area contributed by atoms with Gasteiger partial charge in [-0.1, -0.05) is 18.2 Å². The van der Waals surface area contributed by atoms with E-state index in [4.69, 9.17) is 0 Å². The second-order valence-electron chi connectivity index (χ2n) is 4.52. The first kappa shape index (κ1) is 15.1.